The number of hydrogen-bond donors (Lipinski definition) is 2. The molecule has 1 spiro atoms. The molecule has 230 valence electrons. The molecule has 0 radical (unpaired) electrons. The van der Waals surface area contributed by atoms with E-state index in [1.165, 1.54) is 10.6 Å². The van der Waals surface area contributed by atoms with Crippen LogP contribution in [0.4, 0.5) is 24.5 Å². The van der Waals surface area contributed by atoms with Crippen molar-refractivity contribution in [2.45, 2.75) is 62.3 Å². The van der Waals surface area contributed by atoms with Crippen molar-refractivity contribution < 1.29 is 26.3 Å². The lowest BCUT2D eigenvalue weighted by molar-refractivity contribution is -0.200. The van der Waals surface area contributed by atoms with Gasteiger partial charge in [0.15, 0.2) is 9.84 Å². The van der Waals surface area contributed by atoms with E-state index in [4.69, 9.17) is 4.74 Å². The first-order valence-corrected chi connectivity index (χ1v) is 16.6. The summed E-state index contributed by atoms with van der Waals surface area (Å²) in [6, 6.07) is 12.8. The Kier molecular flexibility index (Phi) is 7.90. The summed E-state index contributed by atoms with van der Waals surface area (Å²) < 4.78 is 71.1. The van der Waals surface area contributed by atoms with E-state index in [2.05, 4.69) is 27.4 Å². The summed E-state index contributed by atoms with van der Waals surface area (Å²) in [6.07, 6.45) is 1.02. The van der Waals surface area contributed by atoms with Crippen molar-refractivity contribution in [3.05, 3.63) is 53.7 Å². The Morgan fingerprint density at radius 3 is 2.42 bits per heavy atom. The van der Waals surface area contributed by atoms with E-state index in [0.717, 1.165) is 74.9 Å². The second-order valence-corrected chi connectivity index (χ2v) is 14.4. The molecule has 0 atom stereocenters. The lowest BCUT2D eigenvalue weighted by Crippen LogP contribution is -2.68. The van der Waals surface area contributed by atoms with Crippen molar-refractivity contribution in [1.29, 1.82) is 0 Å². The Hall–Kier alpha value is -3.20. The van der Waals surface area contributed by atoms with Gasteiger partial charge < -0.3 is 19.9 Å². The monoisotopic (exact) mass is 614 g/mol. The van der Waals surface area contributed by atoms with Crippen LogP contribution in [0.25, 0.3) is 10.9 Å². The number of alkyl halides is 3. The van der Waals surface area contributed by atoms with Crippen LogP contribution in [0.2, 0.25) is 0 Å². The number of likely N-dealkylation sites (tertiary alicyclic amines) is 1. The predicted molar refractivity (Wildman–Crippen MR) is 162 cm³/mol. The number of nitrogens with one attached hydrogen (secondary N) is 2. The number of ether oxygens (including phenoxy) is 1. The number of sulfone groups is 1. The highest BCUT2D eigenvalue weighted by Crippen LogP contribution is 2.41. The largest absolute Gasteiger partial charge is 0.406 e. The molecule has 3 aliphatic rings. The SMILES string of the molecule is Cc1cc(S(C)(=O)=O)ccc1NCC#Cc1cc2c(NC3CCC(N4CC5(COC5)C4)CC3)cccc2n1CC(F)(F)F. The predicted octanol–water partition coefficient (Wildman–Crippen LogP) is 5.43. The number of benzene rings is 2. The average molecular weight is 615 g/mol. The minimum Gasteiger partial charge on any atom is -0.382 e. The van der Waals surface area contributed by atoms with Crippen molar-refractivity contribution >= 4 is 32.1 Å². The van der Waals surface area contributed by atoms with Gasteiger partial charge in [0.05, 0.1) is 35.9 Å². The molecular formula is C32H37F3N4O3S. The van der Waals surface area contributed by atoms with Gasteiger partial charge in [-0.2, -0.15) is 13.2 Å². The van der Waals surface area contributed by atoms with Gasteiger partial charge >= 0.3 is 6.18 Å². The molecule has 3 fully saturated rings. The minimum absolute atomic E-state index is 0.187. The number of aryl methyl sites for hydroxylation is 1. The van der Waals surface area contributed by atoms with Crippen LogP contribution < -0.4 is 10.6 Å². The zero-order chi connectivity index (χ0) is 30.4. The summed E-state index contributed by atoms with van der Waals surface area (Å²) >= 11 is 0. The smallest absolute Gasteiger partial charge is 0.382 e. The molecule has 7 nitrogen and oxygen atoms in total. The molecule has 2 aliphatic heterocycles. The zero-order valence-electron chi connectivity index (χ0n) is 24.4. The molecular weight excluding hydrogens is 577 g/mol. The molecule has 0 amide bonds. The lowest BCUT2D eigenvalue weighted by Gasteiger charge is -2.58. The standard InChI is InChI=1S/C32H37F3N4O3S/c1-22-15-26(43(2,40)41)12-13-28(22)36-14-4-5-25-16-27-29(6-3-7-30(27)39(25)19-32(33,34)35)37-23-8-10-24(11-9-23)38-17-31(18-38)20-42-21-31/h3,6-7,12-13,15-16,23-24,36-37H,8-11,14,17-21H2,1-2H3. The maximum absolute atomic E-state index is 13.6. The Bertz CT molecular complexity index is 1670. The van der Waals surface area contributed by atoms with E-state index in [0.29, 0.717) is 28.4 Å². The fraction of sp³-hybridized carbons (Fsp3) is 0.500. The van der Waals surface area contributed by atoms with Crippen LogP contribution in [-0.4, -0.2) is 75.2 Å². The van der Waals surface area contributed by atoms with E-state index in [1.807, 2.05) is 6.07 Å². The van der Waals surface area contributed by atoms with Crippen LogP contribution in [0.1, 0.15) is 36.9 Å². The third-order valence-corrected chi connectivity index (χ3v) is 10.1. The third kappa shape index (κ3) is 6.52. The van der Waals surface area contributed by atoms with Gasteiger partial charge in [0.25, 0.3) is 0 Å². The zero-order valence-corrected chi connectivity index (χ0v) is 25.2. The van der Waals surface area contributed by atoms with Gasteiger partial charge in [0.2, 0.25) is 0 Å². The van der Waals surface area contributed by atoms with Gasteiger partial charge in [-0.15, -0.1) is 0 Å². The van der Waals surface area contributed by atoms with Gasteiger partial charge in [-0.05, 0) is 80.5 Å². The first-order chi connectivity index (χ1) is 20.4. The summed E-state index contributed by atoms with van der Waals surface area (Å²) in [5.74, 6) is 5.89. The Morgan fingerprint density at radius 2 is 1.79 bits per heavy atom. The van der Waals surface area contributed by atoms with Gasteiger partial charge in [-0.1, -0.05) is 12.0 Å². The molecule has 0 bridgehead atoms. The van der Waals surface area contributed by atoms with E-state index in [1.54, 1.807) is 37.3 Å². The second kappa shape index (κ2) is 11.4. The summed E-state index contributed by atoms with van der Waals surface area (Å²) in [4.78, 5) is 2.81. The molecule has 1 aromatic heterocycles. The topological polar surface area (TPSA) is 75.6 Å². The van der Waals surface area contributed by atoms with E-state index < -0.39 is 22.6 Å². The molecule has 6 rings (SSSR count). The van der Waals surface area contributed by atoms with Crippen LogP contribution in [-0.2, 0) is 21.1 Å². The van der Waals surface area contributed by atoms with E-state index in [-0.39, 0.29) is 17.5 Å². The highest BCUT2D eigenvalue weighted by atomic mass is 32.2. The molecule has 1 aliphatic carbocycles. The number of rotatable bonds is 7. The van der Waals surface area contributed by atoms with Crippen molar-refractivity contribution in [2.75, 3.05) is 49.7 Å². The van der Waals surface area contributed by atoms with Crippen LogP contribution in [0.15, 0.2) is 47.4 Å². The summed E-state index contributed by atoms with van der Waals surface area (Å²) in [5, 5.41) is 7.50. The maximum atomic E-state index is 13.6. The molecule has 43 heavy (non-hydrogen) atoms. The number of aromatic nitrogens is 1. The van der Waals surface area contributed by atoms with Crippen molar-refractivity contribution in [3.63, 3.8) is 0 Å². The average Bonchev–Trinajstić information content (AvgIpc) is 3.23. The lowest BCUT2D eigenvalue weighted by atomic mass is 9.75. The Morgan fingerprint density at radius 1 is 1.05 bits per heavy atom. The molecule has 3 aromatic rings. The van der Waals surface area contributed by atoms with E-state index in [9.17, 15) is 21.6 Å². The second-order valence-electron chi connectivity index (χ2n) is 12.4. The van der Waals surface area contributed by atoms with Gasteiger partial charge in [0, 0.05) is 53.6 Å². The minimum atomic E-state index is -4.40. The van der Waals surface area contributed by atoms with Gasteiger partial charge in [-0.25, -0.2) is 8.42 Å². The Balaban J connectivity index is 1.15. The van der Waals surface area contributed by atoms with Crippen LogP contribution in [0, 0.1) is 24.2 Å². The summed E-state index contributed by atoms with van der Waals surface area (Å²) in [6.45, 7) is 4.90. The highest BCUT2D eigenvalue weighted by Gasteiger charge is 2.50. The number of halogens is 3. The van der Waals surface area contributed by atoms with Crippen LogP contribution >= 0.6 is 0 Å². The molecule has 2 saturated heterocycles. The third-order valence-electron chi connectivity index (χ3n) is 8.96. The molecule has 3 heterocycles. The molecule has 0 unspecified atom stereocenters. The number of nitrogens with zero attached hydrogens (tertiary/aromatic N) is 2. The van der Waals surface area contributed by atoms with Crippen molar-refractivity contribution in [1.82, 2.24) is 9.47 Å². The Labute approximate surface area is 250 Å². The van der Waals surface area contributed by atoms with Crippen LogP contribution in [0.5, 0.6) is 0 Å². The molecule has 11 heteroatoms. The van der Waals surface area contributed by atoms with Crippen molar-refractivity contribution in [2.24, 2.45) is 5.41 Å². The first-order valence-electron chi connectivity index (χ1n) is 14.7. The van der Waals surface area contributed by atoms with E-state index >= 15 is 0 Å². The van der Waals surface area contributed by atoms with Crippen LogP contribution in [0.3, 0.4) is 0 Å². The number of hydrogen-bond acceptors (Lipinski definition) is 6. The first kappa shape index (κ1) is 29.9. The molecule has 1 saturated carbocycles. The highest BCUT2D eigenvalue weighted by molar-refractivity contribution is 7.90. The fourth-order valence-electron chi connectivity index (χ4n) is 6.65. The number of fused-ring (bicyclic) bond motifs is 1. The fourth-order valence-corrected chi connectivity index (χ4v) is 7.36. The molecule has 2 N–H and O–H groups in total. The summed E-state index contributed by atoms with van der Waals surface area (Å²) in [7, 11) is -3.32. The van der Waals surface area contributed by atoms with Crippen molar-refractivity contribution in [3.8, 4) is 11.8 Å². The molecule has 2 aromatic carbocycles. The van der Waals surface area contributed by atoms with Gasteiger partial charge in [-0.3, -0.25) is 4.90 Å². The van der Waals surface area contributed by atoms with Gasteiger partial charge in [0.1, 0.15) is 6.54 Å². The normalized spacial score (nSPS) is 22.0. The quantitative estimate of drug-likeness (QED) is 0.346. The number of anilines is 2. The maximum Gasteiger partial charge on any atom is 0.406 e. The summed E-state index contributed by atoms with van der Waals surface area (Å²) in [5.41, 5.74) is 3.48.